The number of hydrogen-bond donors (Lipinski definition) is 1. The highest BCUT2D eigenvalue weighted by Crippen LogP contribution is 2.17. The lowest BCUT2D eigenvalue weighted by Gasteiger charge is -2.08. The van der Waals surface area contributed by atoms with Gasteiger partial charge in [0.25, 0.3) is 0 Å². The number of hydrogen-bond acceptors (Lipinski definition) is 2. The Kier molecular flexibility index (Phi) is 4.53. The number of rotatable bonds is 5. The van der Waals surface area contributed by atoms with Crippen molar-refractivity contribution in [2.45, 2.75) is 20.0 Å². The van der Waals surface area contributed by atoms with Crippen LogP contribution in [0, 0.1) is 12.7 Å². The monoisotopic (exact) mass is 259 g/mol. The molecule has 0 aromatic heterocycles. The summed E-state index contributed by atoms with van der Waals surface area (Å²) in [7, 11) is 0. The molecule has 2 aromatic carbocycles. The Morgan fingerprint density at radius 3 is 2.37 bits per heavy atom. The molecule has 0 fully saturated rings. The van der Waals surface area contributed by atoms with Gasteiger partial charge in [-0.3, -0.25) is 0 Å². The van der Waals surface area contributed by atoms with Crippen molar-refractivity contribution in [3.05, 3.63) is 65.0 Å². The van der Waals surface area contributed by atoms with Crippen LogP contribution in [-0.2, 0) is 13.0 Å². The predicted octanol–water partition coefficient (Wildman–Crippen LogP) is 3.21. The zero-order chi connectivity index (χ0) is 13.7. The summed E-state index contributed by atoms with van der Waals surface area (Å²) in [6.07, 6.45) is 0.887. The third kappa shape index (κ3) is 3.80. The number of halogens is 1. The summed E-state index contributed by atoms with van der Waals surface area (Å²) in [5.41, 5.74) is 8.41. The highest BCUT2D eigenvalue weighted by Gasteiger charge is 2.01. The van der Waals surface area contributed by atoms with E-state index < -0.39 is 0 Å². The molecule has 2 N–H and O–H groups in total. The first-order chi connectivity index (χ1) is 9.19. The van der Waals surface area contributed by atoms with E-state index in [0.717, 1.165) is 12.0 Å². The van der Waals surface area contributed by atoms with Crippen molar-refractivity contribution in [1.82, 2.24) is 0 Å². The van der Waals surface area contributed by atoms with Crippen molar-refractivity contribution in [3.8, 4) is 5.75 Å². The number of ether oxygens (including phenoxy) is 1. The van der Waals surface area contributed by atoms with Crippen molar-refractivity contribution in [3.63, 3.8) is 0 Å². The van der Waals surface area contributed by atoms with Crippen molar-refractivity contribution in [1.29, 1.82) is 0 Å². The van der Waals surface area contributed by atoms with Crippen LogP contribution in [0.3, 0.4) is 0 Å². The van der Waals surface area contributed by atoms with Crippen LogP contribution in [0.15, 0.2) is 42.5 Å². The molecular weight excluding hydrogens is 241 g/mol. The minimum absolute atomic E-state index is 0.210. The van der Waals surface area contributed by atoms with Crippen LogP contribution in [0.4, 0.5) is 4.39 Å². The van der Waals surface area contributed by atoms with Crippen molar-refractivity contribution >= 4 is 0 Å². The lowest BCUT2D eigenvalue weighted by Crippen LogP contribution is -2.03. The Hall–Kier alpha value is -1.87. The summed E-state index contributed by atoms with van der Waals surface area (Å²) >= 11 is 0. The largest absolute Gasteiger partial charge is 0.489 e. The Balaban J connectivity index is 1.96. The van der Waals surface area contributed by atoms with Gasteiger partial charge in [0.1, 0.15) is 18.2 Å². The molecule has 2 aromatic rings. The average molecular weight is 259 g/mol. The van der Waals surface area contributed by atoms with E-state index in [1.165, 1.54) is 11.6 Å². The molecule has 2 nitrogen and oxygen atoms in total. The minimum Gasteiger partial charge on any atom is -0.489 e. The molecular formula is C16H18FNO. The van der Waals surface area contributed by atoms with Crippen LogP contribution in [0.5, 0.6) is 5.75 Å². The Morgan fingerprint density at radius 1 is 1.05 bits per heavy atom. The first-order valence-corrected chi connectivity index (χ1v) is 6.36. The fraction of sp³-hybridized carbons (Fsp3) is 0.250. The Bertz CT molecular complexity index is 537. The smallest absolute Gasteiger partial charge is 0.126 e. The number of benzene rings is 2. The molecule has 0 amide bonds. The number of aryl methyl sites for hydroxylation is 1. The summed E-state index contributed by atoms with van der Waals surface area (Å²) in [6.45, 7) is 2.86. The summed E-state index contributed by atoms with van der Waals surface area (Å²) in [4.78, 5) is 0. The van der Waals surface area contributed by atoms with Gasteiger partial charge in [-0.1, -0.05) is 24.3 Å². The van der Waals surface area contributed by atoms with Gasteiger partial charge in [0.15, 0.2) is 0 Å². The highest BCUT2D eigenvalue weighted by atomic mass is 19.1. The van der Waals surface area contributed by atoms with Crippen LogP contribution in [0.1, 0.15) is 16.7 Å². The summed E-state index contributed by atoms with van der Waals surface area (Å²) in [6, 6.07) is 12.9. The third-order valence-electron chi connectivity index (χ3n) is 2.99. The molecule has 0 spiro atoms. The van der Waals surface area contributed by atoms with Gasteiger partial charge < -0.3 is 10.5 Å². The molecule has 2 rings (SSSR count). The van der Waals surface area contributed by atoms with Crippen LogP contribution in [0.2, 0.25) is 0 Å². The Morgan fingerprint density at radius 2 is 1.74 bits per heavy atom. The normalized spacial score (nSPS) is 10.5. The van der Waals surface area contributed by atoms with Gasteiger partial charge in [-0.2, -0.15) is 0 Å². The van der Waals surface area contributed by atoms with E-state index in [2.05, 4.69) is 12.1 Å². The second-order valence-electron chi connectivity index (χ2n) is 4.55. The Labute approximate surface area is 113 Å². The number of nitrogens with two attached hydrogens (primary N) is 1. The maximum atomic E-state index is 13.1. The second-order valence-corrected chi connectivity index (χ2v) is 4.55. The highest BCUT2D eigenvalue weighted by molar-refractivity contribution is 5.29. The quantitative estimate of drug-likeness (QED) is 0.894. The van der Waals surface area contributed by atoms with Crippen LogP contribution < -0.4 is 10.5 Å². The molecule has 0 atom stereocenters. The first-order valence-electron chi connectivity index (χ1n) is 6.36. The van der Waals surface area contributed by atoms with Gasteiger partial charge in [-0.15, -0.1) is 0 Å². The van der Waals surface area contributed by atoms with Gasteiger partial charge >= 0.3 is 0 Å². The third-order valence-corrected chi connectivity index (χ3v) is 2.99. The molecule has 3 heteroatoms. The molecule has 0 aliphatic carbocycles. The topological polar surface area (TPSA) is 35.2 Å². The van der Waals surface area contributed by atoms with Gasteiger partial charge in [0.2, 0.25) is 0 Å². The molecule has 0 saturated heterocycles. The van der Waals surface area contributed by atoms with Gasteiger partial charge in [0, 0.05) is 0 Å². The fourth-order valence-corrected chi connectivity index (χ4v) is 1.84. The maximum Gasteiger partial charge on any atom is 0.126 e. The maximum absolute atomic E-state index is 13.1. The molecule has 0 saturated carbocycles. The van der Waals surface area contributed by atoms with Crippen molar-refractivity contribution < 1.29 is 9.13 Å². The predicted molar refractivity (Wildman–Crippen MR) is 74.7 cm³/mol. The van der Waals surface area contributed by atoms with E-state index in [0.29, 0.717) is 24.5 Å². The fourth-order valence-electron chi connectivity index (χ4n) is 1.84. The standard InChI is InChI=1S/C16H18FNO/c1-12-10-15(6-7-16(12)17)19-11-14-4-2-13(3-5-14)8-9-18/h2-7,10H,8-9,11,18H2,1H3. The first kappa shape index (κ1) is 13.6. The van der Waals surface area contributed by atoms with Gasteiger partial charge in [0.05, 0.1) is 0 Å². The molecule has 0 aliphatic heterocycles. The van der Waals surface area contributed by atoms with E-state index >= 15 is 0 Å². The molecule has 0 bridgehead atoms. The summed E-state index contributed by atoms with van der Waals surface area (Å²) in [5.74, 6) is 0.475. The summed E-state index contributed by atoms with van der Waals surface area (Å²) in [5, 5.41) is 0. The lowest BCUT2D eigenvalue weighted by atomic mass is 10.1. The van der Waals surface area contributed by atoms with E-state index in [9.17, 15) is 4.39 Å². The zero-order valence-electron chi connectivity index (χ0n) is 11.0. The van der Waals surface area contributed by atoms with Crippen LogP contribution in [-0.4, -0.2) is 6.54 Å². The average Bonchev–Trinajstić information content (AvgIpc) is 2.42. The van der Waals surface area contributed by atoms with E-state index in [1.54, 1.807) is 19.1 Å². The minimum atomic E-state index is -0.210. The van der Waals surface area contributed by atoms with E-state index in [1.807, 2.05) is 12.1 Å². The molecule has 19 heavy (non-hydrogen) atoms. The zero-order valence-corrected chi connectivity index (χ0v) is 11.0. The second kappa shape index (κ2) is 6.34. The van der Waals surface area contributed by atoms with Crippen molar-refractivity contribution in [2.24, 2.45) is 5.73 Å². The van der Waals surface area contributed by atoms with E-state index in [4.69, 9.17) is 10.5 Å². The molecule has 0 unspecified atom stereocenters. The van der Waals surface area contributed by atoms with Crippen LogP contribution >= 0.6 is 0 Å². The van der Waals surface area contributed by atoms with Crippen LogP contribution in [0.25, 0.3) is 0 Å². The molecule has 100 valence electrons. The van der Waals surface area contributed by atoms with Gasteiger partial charge in [-0.25, -0.2) is 4.39 Å². The molecule has 0 radical (unpaired) electrons. The summed E-state index contributed by atoms with van der Waals surface area (Å²) < 4.78 is 18.7. The molecule has 0 aliphatic rings. The van der Waals surface area contributed by atoms with E-state index in [-0.39, 0.29) is 5.82 Å². The molecule has 0 heterocycles. The SMILES string of the molecule is Cc1cc(OCc2ccc(CCN)cc2)ccc1F. The van der Waals surface area contributed by atoms with Gasteiger partial charge in [-0.05, 0) is 54.8 Å². The lowest BCUT2D eigenvalue weighted by molar-refractivity contribution is 0.305. The van der Waals surface area contributed by atoms with Crippen molar-refractivity contribution in [2.75, 3.05) is 6.54 Å².